The van der Waals surface area contributed by atoms with Crippen molar-refractivity contribution in [3.05, 3.63) is 6.04 Å². The fraction of sp³-hybridized carbons (Fsp3) is 0.969. The van der Waals surface area contributed by atoms with Gasteiger partial charge in [0.2, 0.25) is 0 Å². The summed E-state index contributed by atoms with van der Waals surface area (Å²) >= 11 is 0. The predicted octanol–water partition coefficient (Wildman–Crippen LogP) is 12.6. The molecule has 0 fully saturated rings. The average molecular weight is 480 g/mol. The lowest BCUT2D eigenvalue weighted by Gasteiger charge is -2.27. The van der Waals surface area contributed by atoms with E-state index in [1.807, 2.05) is 0 Å². The van der Waals surface area contributed by atoms with Crippen LogP contribution in [0.1, 0.15) is 182 Å². The molecule has 0 spiro atoms. The summed E-state index contributed by atoms with van der Waals surface area (Å²) in [6.45, 7) is 9.58. The van der Waals surface area contributed by atoms with Crippen LogP contribution in [-0.2, 0) is 0 Å². The number of unbranched alkanes of at least 4 members (excludes halogenated alkanes) is 23. The Bertz CT molecular complexity index is 338. The normalized spacial score (nSPS) is 12.0. The molecule has 199 valence electrons. The van der Waals surface area contributed by atoms with E-state index in [-0.39, 0.29) is 0 Å². The van der Waals surface area contributed by atoms with Crippen LogP contribution in [-0.4, -0.2) is 8.07 Å². The van der Waals surface area contributed by atoms with Crippen LogP contribution in [0.5, 0.6) is 0 Å². The van der Waals surface area contributed by atoms with Gasteiger partial charge in [0.05, 0.1) is 8.07 Å². The minimum absolute atomic E-state index is 0.961. The zero-order valence-electron chi connectivity index (χ0n) is 24.2. The van der Waals surface area contributed by atoms with Crippen LogP contribution in [0, 0.1) is 6.04 Å². The van der Waals surface area contributed by atoms with Crippen LogP contribution in [0.15, 0.2) is 0 Å². The summed E-state index contributed by atoms with van der Waals surface area (Å²) < 4.78 is 0. The summed E-state index contributed by atoms with van der Waals surface area (Å²) in [7, 11) is -0.961. The first kappa shape index (κ1) is 33.2. The standard InChI is InChI=1S/C32H67Si/c1-5-9-10-11-12-13-14-15-16-17-18-19-20-21-22-23-24-25-26-27-28-29-30-31-32-33(6-2,7-3)8-4/h32H,5-31H2,1-4H3. The molecule has 0 bridgehead atoms. The second-order valence-corrected chi connectivity index (χ2v) is 16.4. The quantitative estimate of drug-likeness (QED) is 0.0772. The Morgan fingerprint density at radius 2 is 0.576 bits per heavy atom. The molecule has 0 aromatic rings. The molecule has 0 amide bonds. The summed E-state index contributed by atoms with van der Waals surface area (Å²) in [5.41, 5.74) is 0. The Balaban J connectivity index is 3.15. The highest BCUT2D eigenvalue weighted by Gasteiger charge is 2.25. The van der Waals surface area contributed by atoms with Crippen molar-refractivity contribution in [2.24, 2.45) is 0 Å². The van der Waals surface area contributed by atoms with Gasteiger partial charge in [-0.2, -0.15) is 0 Å². The van der Waals surface area contributed by atoms with E-state index in [1.54, 1.807) is 0 Å². The van der Waals surface area contributed by atoms with E-state index in [0.717, 1.165) is 0 Å². The smallest absolute Gasteiger partial charge is 0.0558 e. The first-order valence-corrected chi connectivity index (χ1v) is 18.8. The van der Waals surface area contributed by atoms with Crippen LogP contribution in [0.4, 0.5) is 0 Å². The first-order chi connectivity index (χ1) is 16.2. The lowest BCUT2D eigenvalue weighted by atomic mass is 10.0. The van der Waals surface area contributed by atoms with Gasteiger partial charge in [0.1, 0.15) is 0 Å². The minimum Gasteiger partial charge on any atom is -0.0678 e. The fourth-order valence-corrected chi connectivity index (χ4v) is 8.70. The van der Waals surface area contributed by atoms with Gasteiger partial charge in [0, 0.05) is 0 Å². The average Bonchev–Trinajstić information content (AvgIpc) is 2.84. The second kappa shape index (κ2) is 26.8. The Hall–Kier alpha value is 0.217. The highest BCUT2D eigenvalue weighted by Crippen LogP contribution is 2.26. The van der Waals surface area contributed by atoms with E-state index >= 15 is 0 Å². The molecule has 0 atom stereocenters. The molecule has 0 nitrogen and oxygen atoms in total. The van der Waals surface area contributed by atoms with Crippen molar-refractivity contribution in [1.29, 1.82) is 0 Å². The molecule has 33 heavy (non-hydrogen) atoms. The molecule has 0 aliphatic carbocycles. The van der Waals surface area contributed by atoms with Crippen molar-refractivity contribution in [3.8, 4) is 0 Å². The van der Waals surface area contributed by atoms with Crippen molar-refractivity contribution in [2.45, 2.75) is 200 Å². The van der Waals surface area contributed by atoms with Crippen molar-refractivity contribution >= 4 is 8.07 Å². The maximum absolute atomic E-state index is 2.80. The lowest BCUT2D eigenvalue weighted by molar-refractivity contribution is 0.518. The molecule has 1 radical (unpaired) electrons. The summed E-state index contributed by atoms with van der Waals surface area (Å²) in [5.74, 6) is 0. The summed E-state index contributed by atoms with van der Waals surface area (Å²) in [6, 6.07) is 7.17. The molecule has 0 heterocycles. The molecule has 0 saturated carbocycles. The Morgan fingerprint density at radius 1 is 0.333 bits per heavy atom. The number of rotatable bonds is 28. The number of hydrogen-bond acceptors (Lipinski definition) is 0. The van der Waals surface area contributed by atoms with Crippen LogP contribution >= 0.6 is 0 Å². The molecule has 0 aliphatic rings. The molecule has 0 aromatic carbocycles. The summed E-state index contributed by atoms with van der Waals surface area (Å²) in [6.07, 6.45) is 35.4. The van der Waals surface area contributed by atoms with Crippen molar-refractivity contribution in [1.82, 2.24) is 0 Å². The van der Waals surface area contributed by atoms with Gasteiger partial charge in [-0.25, -0.2) is 0 Å². The highest BCUT2D eigenvalue weighted by atomic mass is 28.3. The Morgan fingerprint density at radius 3 is 0.818 bits per heavy atom. The van der Waals surface area contributed by atoms with E-state index in [9.17, 15) is 0 Å². The molecule has 0 rings (SSSR count). The van der Waals surface area contributed by atoms with E-state index in [0.29, 0.717) is 0 Å². The lowest BCUT2D eigenvalue weighted by Crippen LogP contribution is -2.32. The third-order valence-electron chi connectivity index (χ3n) is 8.50. The summed E-state index contributed by atoms with van der Waals surface area (Å²) in [5, 5.41) is 0. The molecule has 0 aliphatic heterocycles. The number of hydrogen-bond donors (Lipinski definition) is 0. The third kappa shape index (κ3) is 22.4. The topological polar surface area (TPSA) is 0 Å². The van der Waals surface area contributed by atoms with Gasteiger partial charge in [-0.1, -0.05) is 200 Å². The van der Waals surface area contributed by atoms with Gasteiger partial charge in [-0.05, 0) is 6.04 Å². The fourth-order valence-electron chi connectivity index (χ4n) is 5.52. The molecule has 0 aromatic heterocycles. The maximum atomic E-state index is 2.80. The van der Waals surface area contributed by atoms with Crippen LogP contribution < -0.4 is 0 Å². The van der Waals surface area contributed by atoms with Gasteiger partial charge in [0.15, 0.2) is 0 Å². The molecule has 0 unspecified atom stereocenters. The zero-order valence-corrected chi connectivity index (χ0v) is 25.2. The van der Waals surface area contributed by atoms with Crippen LogP contribution in [0.3, 0.4) is 0 Å². The van der Waals surface area contributed by atoms with Crippen molar-refractivity contribution in [3.63, 3.8) is 0 Å². The summed E-state index contributed by atoms with van der Waals surface area (Å²) in [4.78, 5) is 0. The van der Waals surface area contributed by atoms with Gasteiger partial charge in [-0.15, -0.1) is 0 Å². The molecule has 1 heteroatoms. The Labute approximate surface area is 213 Å². The largest absolute Gasteiger partial charge is 0.0678 e. The molecule has 0 saturated heterocycles. The molecular formula is C32H67Si. The van der Waals surface area contributed by atoms with Crippen molar-refractivity contribution in [2.75, 3.05) is 0 Å². The van der Waals surface area contributed by atoms with E-state index in [4.69, 9.17) is 0 Å². The van der Waals surface area contributed by atoms with E-state index in [1.165, 1.54) is 172 Å². The van der Waals surface area contributed by atoms with Gasteiger partial charge < -0.3 is 0 Å². The maximum Gasteiger partial charge on any atom is 0.0558 e. The SMILES string of the molecule is CCCCCCCCCCCCCCCCCCCCCCCCC[CH][Si](CC)(CC)CC. The van der Waals surface area contributed by atoms with E-state index < -0.39 is 8.07 Å². The van der Waals surface area contributed by atoms with Crippen LogP contribution in [0.25, 0.3) is 0 Å². The van der Waals surface area contributed by atoms with Gasteiger partial charge >= 0.3 is 0 Å². The van der Waals surface area contributed by atoms with Gasteiger partial charge in [-0.3, -0.25) is 0 Å². The third-order valence-corrected chi connectivity index (χ3v) is 13.9. The molecular weight excluding hydrogens is 412 g/mol. The predicted molar refractivity (Wildman–Crippen MR) is 158 cm³/mol. The monoisotopic (exact) mass is 480 g/mol. The van der Waals surface area contributed by atoms with E-state index in [2.05, 4.69) is 33.7 Å². The second-order valence-electron chi connectivity index (χ2n) is 11.2. The van der Waals surface area contributed by atoms with Gasteiger partial charge in [0.25, 0.3) is 0 Å². The molecule has 0 N–H and O–H groups in total. The van der Waals surface area contributed by atoms with Crippen molar-refractivity contribution < 1.29 is 0 Å². The minimum atomic E-state index is -0.961. The zero-order chi connectivity index (χ0) is 24.3. The van der Waals surface area contributed by atoms with Crippen LogP contribution in [0.2, 0.25) is 18.1 Å². The Kier molecular flexibility index (Phi) is 27.0. The first-order valence-electron chi connectivity index (χ1n) is 16.1. The highest BCUT2D eigenvalue weighted by molar-refractivity contribution is 6.82.